The Morgan fingerprint density at radius 3 is 1.52 bits per heavy atom. The molecular weight excluding hydrogens is 291 g/mol. The van der Waals surface area contributed by atoms with Crippen LogP contribution in [0.4, 0.5) is 30.2 Å². The van der Waals surface area contributed by atoms with Crippen molar-refractivity contribution < 1.29 is 27.6 Å². The van der Waals surface area contributed by atoms with Gasteiger partial charge in [-0.2, -0.15) is 0 Å². The Kier molecular flexibility index (Phi) is 6.18. The maximum Gasteiger partial charge on any atom is 0.255 e. The first-order chi connectivity index (χ1) is 10.0. The van der Waals surface area contributed by atoms with Crippen LogP contribution in [0.3, 0.4) is 0 Å². The summed E-state index contributed by atoms with van der Waals surface area (Å²) in [6.07, 6.45) is 0. The monoisotopic (exact) mass is 303 g/mol. The predicted octanol–water partition coefficient (Wildman–Crippen LogP) is 1.41. The number of amides is 3. The number of nitrogens with one attached hydrogen (secondary N) is 3. The lowest BCUT2D eigenvalue weighted by Gasteiger charge is -2.15. The van der Waals surface area contributed by atoms with Crippen LogP contribution in [0, 0.1) is 0 Å². The van der Waals surface area contributed by atoms with Gasteiger partial charge in [0.1, 0.15) is 0 Å². The Balaban J connectivity index is 3.16. The number of hydrogen-bond donors (Lipinski definition) is 3. The van der Waals surface area contributed by atoms with Gasteiger partial charge >= 0.3 is 0 Å². The van der Waals surface area contributed by atoms with Gasteiger partial charge in [-0.3, -0.25) is 14.4 Å². The Bertz CT molecular complexity index is 516. The second kappa shape index (κ2) is 7.88. The largest absolute Gasteiger partial charge is 0.322 e. The predicted molar refractivity (Wildman–Crippen MR) is 70.3 cm³/mol. The number of alkyl halides is 3. The van der Waals surface area contributed by atoms with Gasteiger partial charge in [0.15, 0.2) is 20.0 Å². The maximum absolute atomic E-state index is 12.3. The zero-order valence-electron chi connectivity index (χ0n) is 10.7. The van der Waals surface area contributed by atoms with Crippen LogP contribution < -0.4 is 16.0 Å². The number of rotatable bonds is 6. The number of para-hydroxylation sites is 1. The second-order valence-electron chi connectivity index (χ2n) is 3.77. The van der Waals surface area contributed by atoms with Crippen molar-refractivity contribution in [3.05, 3.63) is 18.2 Å². The van der Waals surface area contributed by atoms with Crippen molar-refractivity contribution >= 4 is 34.8 Å². The minimum atomic E-state index is -1.35. The van der Waals surface area contributed by atoms with Gasteiger partial charge in [0.2, 0.25) is 0 Å². The van der Waals surface area contributed by atoms with Gasteiger partial charge in [0.25, 0.3) is 17.7 Å². The fraction of sp³-hybridized carbons (Fsp3) is 0.250. The van der Waals surface area contributed by atoms with Crippen molar-refractivity contribution in [2.24, 2.45) is 0 Å². The minimum Gasteiger partial charge on any atom is -0.322 e. The highest BCUT2D eigenvalue weighted by molar-refractivity contribution is 6.06. The van der Waals surface area contributed by atoms with Crippen molar-refractivity contribution in [1.82, 2.24) is 0 Å². The van der Waals surface area contributed by atoms with Crippen LogP contribution in [0.1, 0.15) is 0 Å². The standard InChI is InChI=1S/C12H12F3N3O3/c13-4-9(19)16-7-2-1-3-8(17-10(20)5-14)12(7)18-11(21)6-15/h1-3H,4-6H2,(H,16,19)(H,17,20)(H,18,21). The quantitative estimate of drug-likeness (QED) is 0.742. The lowest BCUT2D eigenvalue weighted by molar-refractivity contribution is -0.118. The van der Waals surface area contributed by atoms with Crippen LogP contribution in [0.5, 0.6) is 0 Å². The van der Waals surface area contributed by atoms with Crippen molar-refractivity contribution in [3.8, 4) is 0 Å². The third kappa shape index (κ3) is 4.79. The molecule has 1 rings (SSSR count). The third-order valence-corrected chi connectivity index (χ3v) is 2.24. The lowest BCUT2D eigenvalue weighted by atomic mass is 10.2. The molecule has 1 aromatic rings. The highest BCUT2D eigenvalue weighted by atomic mass is 19.1. The van der Waals surface area contributed by atoms with E-state index < -0.39 is 37.7 Å². The average Bonchev–Trinajstić information content (AvgIpc) is 2.49. The second-order valence-corrected chi connectivity index (χ2v) is 3.77. The van der Waals surface area contributed by atoms with E-state index in [1.807, 2.05) is 0 Å². The molecule has 9 heteroatoms. The van der Waals surface area contributed by atoms with Gasteiger partial charge in [0.05, 0.1) is 17.1 Å². The van der Waals surface area contributed by atoms with Gasteiger partial charge in [-0.05, 0) is 12.1 Å². The maximum atomic E-state index is 12.3. The van der Waals surface area contributed by atoms with E-state index in [1.54, 1.807) is 0 Å². The molecule has 0 bridgehead atoms. The van der Waals surface area contributed by atoms with Crippen LogP contribution in [0.2, 0.25) is 0 Å². The first-order valence-electron chi connectivity index (χ1n) is 5.72. The molecule has 0 aliphatic rings. The minimum absolute atomic E-state index is 0.0592. The number of halogens is 3. The number of carbonyl (C=O) groups excluding carboxylic acids is 3. The molecule has 0 atom stereocenters. The normalized spacial score (nSPS) is 9.86. The molecule has 0 spiro atoms. The van der Waals surface area contributed by atoms with Crippen molar-refractivity contribution in [2.75, 3.05) is 36.0 Å². The van der Waals surface area contributed by atoms with Crippen LogP contribution in [-0.2, 0) is 14.4 Å². The molecule has 0 unspecified atom stereocenters. The summed E-state index contributed by atoms with van der Waals surface area (Å²) in [6.45, 7) is -3.96. The van der Waals surface area contributed by atoms with E-state index in [0.29, 0.717) is 0 Å². The summed E-state index contributed by atoms with van der Waals surface area (Å²) in [5, 5.41) is 6.35. The molecule has 0 aromatic heterocycles. The SMILES string of the molecule is O=C(CF)Nc1cccc(NC(=O)CF)c1NC(=O)CF. The fourth-order valence-electron chi connectivity index (χ4n) is 1.44. The fourth-order valence-corrected chi connectivity index (χ4v) is 1.44. The number of anilines is 3. The number of benzene rings is 1. The Hall–Kier alpha value is -2.58. The molecule has 0 heterocycles. The smallest absolute Gasteiger partial charge is 0.255 e. The molecule has 0 fully saturated rings. The van der Waals surface area contributed by atoms with Crippen LogP contribution in [0.15, 0.2) is 18.2 Å². The first-order valence-corrected chi connectivity index (χ1v) is 5.72. The summed E-state index contributed by atoms with van der Waals surface area (Å²) in [5.74, 6) is -3.05. The van der Waals surface area contributed by atoms with Gasteiger partial charge in [0, 0.05) is 0 Å². The summed E-state index contributed by atoms with van der Waals surface area (Å²) < 4.78 is 36.7. The summed E-state index contributed by atoms with van der Waals surface area (Å²) in [6, 6.07) is 3.96. The molecule has 3 N–H and O–H groups in total. The highest BCUT2D eigenvalue weighted by Crippen LogP contribution is 2.30. The summed E-state index contributed by atoms with van der Waals surface area (Å²) in [4.78, 5) is 33.3. The first kappa shape index (κ1) is 16.5. The molecule has 3 amide bonds. The van der Waals surface area contributed by atoms with E-state index in [2.05, 4.69) is 16.0 Å². The Morgan fingerprint density at radius 2 is 1.14 bits per heavy atom. The summed E-state index contributed by atoms with van der Waals surface area (Å²) in [7, 11) is 0. The molecule has 114 valence electrons. The zero-order chi connectivity index (χ0) is 15.8. The molecule has 0 radical (unpaired) electrons. The lowest BCUT2D eigenvalue weighted by Crippen LogP contribution is -2.21. The van der Waals surface area contributed by atoms with E-state index in [1.165, 1.54) is 18.2 Å². The van der Waals surface area contributed by atoms with Crippen LogP contribution >= 0.6 is 0 Å². The Labute approximate surface area is 117 Å². The molecule has 6 nitrogen and oxygen atoms in total. The zero-order valence-corrected chi connectivity index (χ0v) is 10.7. The van der Waals surface area contributed by atoms with Crippen LogP contribution in [0.25, 0.3) is 0 Å². The number of hydrogen-bond acceptors (Lipinski definition) is 3. The van der Waals surface area contributed by atoms with E-state index >= 15 is 0 Å². The van der Waals surface area contributed by atoms with E-state index in [0.717, 1.165) is 0 Å². The van der Waals surface area contributed by atoms with Gasteiger partial charge < -0.3 is 16.0 Å². The number of carbonyl (C=O) groups is 3. The molecule has 0 saturated carbocycles. The van der Waals surface area contributed by atoms with Crippen LogP contribution in [-0.4, -0.2) is 37.7 Å². The van der Waals surface area contributed by atoms with Crippen molar-refractivity contribution in [1.29, 1.82) is 0 Å². The van der Waals surface area contributed by atoms with Gasteiger partial charge in [-0.25, -0.2) is 13.2 Å². The van der Waals surface area contributed by atoms with E-state index in [9.17, 15) is 27.6 Å². The van der Waals surface area contributed by atoms with Crippen molar-refractivity contribution in [2.45, 2.75) is 0 Å². The molecular formula is C12H12F3N3O3. The average molecular weight is 303 g/mol. The molecule has 21 heavy (non-hydrogen) atoms. The van der Waals surface area contributed by atoms with E-state index in [-0.39, 0.29) is 17.1 Å². The topological polar surface area (TPSA) is 87.3 Å². The highest BCUT2D eigenvalue weighted by Gasteiger charge is 2.15. The summed E-state index contributed by atoms with van der Waals surface area (Å²) in [5.41, 5.74) is -0.282. The van der Waals surface area contributed by atoms with E-state index in [4.69, 9.17) is 0 Å². The molecule has 0 aliphatic carbocycles. The molecule has 1 aromatic carbocycles. The molecule has 0 saturated heterocycles. The van der Waals surface area contributed by atoms with Crippen molar-refractivity contribution in [3.63, 3.8) is 0 Å². The third-order valence-electron chi connectivity index (χ3n) is 2.24. The van der Waals surface area contributed by atoms with Gasteiger partial charge in [-0.1, -0.05) is 6.07 Å². The Morgan fingerprint density at radius 1 is 0.762 bits per heavy atom. The molecule has 0 aliphatic heterocycles. The summed E-state index contributed by atoms with van der Waals surface area (Å²) >= 11 is 0. The van der Waals surface area contributed by atoms with Gasteiger partial charge in [-0.15, -0.1) is 0 Å².